The van der Waals surface area contributed by atoms with Gasteiger partial charge in [-0.3, -0.25) is 9.59 Å². The predicted octanol–water partition coefficient (Wildman–Crippen LogP) is 5.09. The fourth-order valence-corrected chi connectivity index (χ4v) is 6.79. The Morgan fingerprint density at radius 1 is 0.562 bits per heavy atom. The van der Waals surface area contributed by atoms with Gasteiger partial charge in [-0.25, -0.2) is 0 Å². The maximum atomic E-state index is 13.5. The molecule has 3 aromatic carbocycles. The molecule has 8 rings (SSSR count). The summed E-state index contributed by atoms with van der Waals surface area (Å²) in [5, 5.41) is 20.7. The topological polar surface area (TPSA) is 74.6 Å². The Bertz CT molecular complexity index is 1260. The van der Waals surface area contributed by atoms with Crippen LogP contribution in [0.1, 0.15) is 67.6 Å². The van der Waals surface area contributed by atoms with Gasteiger partial charge in [0.05, 0.1) is 11.1 Å². The maximum absolute atomic E-state index is 13.5. The Hall–Kier alpha value is -3.66. The third kappa shape index (κ3) is 2.03. The van der Waals surface area contributed by atoms with Gasteiger partial charge in [-0.05, 0) is 47.2 Å². The van der Waals surface area contributed by atoms with Crippen LogP contribution in [0.15, 0.2) is 71.8 Å². The van der Waals surface area contributed by atoms with Gasteiger partial charge in [-0.2, -0.15) is 0 Å². The summed E-state index contributed by atoms with van der Waals surface area (Å²) in [4.78, 5) is 27.0. The third-order valence-electron chi connectivity index (χ3n) is 8.04. The molecule has 0 aliphatic heterocycles. The van der Waals surface area contributed by atoms with Gasteiger partial charge >= 0.3 is 0 Å². The number of hydrogen-bond acceptors (Lipinski definition) is 4. The largest absolute Gasteiger partial charge is 0.507 e. The van der Waals surface area contributed by atoms with Crippen LogP contribution in [-0.2, 0) is 0 Å². The lowest BCUT2D eigenvalue weighted by atomic mass is 9.54. The van der Waals surface area contributed by atoms with Crippen LogP contribution in [0.3, 0.4) is 0 Å². The summed E-state index contributed by atoms with van der Waals surface area (Å²) >= 11 is 0. The zero-order valence-electron chi connectivity index (χ0n) is 17.2. The number of benzene rings is 3. The van der Waals surface area contributed by atoms with Gasteiger partial charge < -0.3 is 10.2 Å². The number of phenolic OH excluding ortho intramolecular Hbond substituents is 2. The first kappa shape index (κ1) is 18.0. The van der Waals surface area contributed by atoms with Gasteiger partial charge in [-0.15, -0.1) is 0 Å². The highest BCUT2D eigenvalue weighted by Crippen LogP contribution is 2.61. The van der Waals surface area contributed by atoms with Crippen molar-refractivity contribution in [2.75, 3.05) is 0 Å². The number of fused-ring (bicyclic) bond motifs is 2. The predicted molar refractivity (Wildman–Crippen MR) is 118 cm³/mol. The first-order chi connectivity index (χ1) is 15.6. The van der Waals surface area contributed by atoms with Gasteiger partial charge in [-0.1, -0.05) is 59.7 Å². The van der Waals surface area contributed by atoms with E-state index < -0.39 is 11.8 Å². The van der Waals surface area contributed by atoms with E-state index in [1.54, 1.807) is 0 Å². The van der Waals surface area contributed by atoms with Crippen LogP contribution in [-0.4, -0.2) is 21.8 Å². The molecule has 5 aliphatic carbocycles. The Labute approximate surface area is 184 Å². The normalized spacial score (nSPS) is 26.8. The second-order valence-electron chi connectivity index (χ2n) is 9.38. The van der Waals surface area contributed by atoms with Crippen LogP contribution in [0.4, 0.5) is 0 Å². The van der Waals surface area contributed by atoms with Crippen molar-refractivity contribution in [1.29, 1.82) is 0 Å². The van der Waals surface area contributed by atoms with Crippen LogP contribution >= 0.6 is 0 Å². The van der Waals surface area contributed by atoms with E-state index >= 15 is 0 Å². The summed E-state index contributed by atoms with van der Waals surface area (Å²) in [5.41, 5.74) is 7.68. The minimum atomic E-state index is -0.500. The summed E-state index contributed by atoms with van der Waals surface area (Å²) < 4.78 is 0. The first-order valence-corrected chi connectivity index (χ1v) is 11.1. The third-order valence-corrected chi connectivity index (χ3v) is 8.04. The molecule has 4 heteroatoms. The monoisotopic (exact) mass is 420 g/mol. The quantitative estimate of drug-likeness (QED) is 0.392. The van der Waals surface area contributed by atoms with E-state index in [-0.39, 0.29) is 46.0 Å². The number of allylic oxidation sites excluding steroid dienone is 2. The van der Waals surface area contributed by atoms with Crippen molar-refractivity contribution in [3.8, 4) is 11.5 Å². The maximum Gasteiger partial charge on any atom is 0.171 e. The Morgan fingerprint density at radius 2 is 0.906 bits per heavy atom. The van der Waals surface area contributed by atoms with Crippen LogP contribution in [0.5, 0.6) is 11.5 Å². The molecule has 0 heterocycles. The Kier molecular flexibility index (Phi) is 3.35. The molecule has 32 heavy (non-hydrogen) atoms. The van der Waals surface area contributed by atoms with Crippen LogP contribution < -0.4 is 0 Å². The molecule has 3 aromatic rings. The van der Waals surface area contributed by atoms with E-state index in [4.69, 9.17) is 0 Å². The highest BCUT2D eigenvalue weighted by molar-refractivity contribution is 6.19. The average Bonchev–Trinajstić information content (AvgIpc) is 2.82. The van der Waals surface area contributed by atoms with Gasteiger partial charge in [0.1, 0.15) is 11.5 Å². The number of aromatic hydroxyl groups is 2. The van der Waals surface area contributed by atoms with Crippen molar-refractivity contribution in [2.24, 2.45) is 11.8 Å². The standard InChI is InChI=1S/C28H20O4/c29-21-9-10-22(30)26-25(21)27(31)19-11-17-18(12-20(19)28(26)32)24-14-6-2-1-5-13(14)23(17)15-7-3-4-8-16(15)24/h1-10,19-20,23-24,29-30H,11-12H2/t19-,20-,23?,24?/m1/s1. The fourth-order valence-electron chi connectivity index (χ4n) is 6.79. The summed E-state index contributed by atoms with van der Waals surface area (Å²) in [6.45, 7) is 0. The van der Waals surface area contributed by atoms with Crippen molar-refractivity contribution >= 4 is 11.6 Å². The number of carbonyl (C=O) groups excluding carboxylic acids is 2. The molecule has 5 aliphatic rings. The molecule has 0 saturated heterocycles. The van der Waals surface area contributed by atoms with Crippen LogP contribution in [0.2, 0.25) is 0 Å². The smallest absolute Gasteiger partial charge is 0.171 e. The number of carbonyl (C=O) groups is 2. The second kappa shape index (κ2) is 5.98. The highest BCUT2D eigenvalue weighted by atomic mass is 16.3. The number of hydrogen-bond donors (Lipinski definition) is 2. The molecule has 4 nitrogen and oxygen atoms in total. The molecule has 0 unspecified atom stereocenters. The molecular formula is C28H20O4. The van der Waals surface area contributed by atoms with E-state index in [1.807, 2.05) is 0 Å². The van der Waals surface area contributed by atoms with Crippen molar-refractivity contribution in [3.63, 3.8) is 0 Å². The summed E-state index contributed by atoms with van der Waals surface area (Å²) in [5.74, 6) is -1.71. The molecule has 0 aromatic heterocycles. The minimum absolute atomic E-state index is 0.0120. The Morgan fingerprint density at radius 3 is 1.25 bits per heavy atom. The summed E-state index contributed by atoms with van der Waals surface area (Å²) in [6, 6.07) is 19.6. The molecule has 2 atom stereocenters. The SMILES string of the molecule is O=C1c2c(O)ccc(O)c2C(=O)[C@@H]2CC3=C(C[C@@H]12)C1c2ccccc2C3c2ccccc21. The van der Waals surface area contributed by atoms with Crippen molar-refractivity contribution < 1.29 is 19.8 Å². The van der Waals surface area contributed by atoms with E-state index in [2.05, 4.69) is 48.5 Å². The highest BCUT2D eigenvalue weighted by Gasteiger charge is 2.52. The van der Waals surface area contributed by atoms with Crippen molar-refractivity contribution in [3.05, 3.63) is 105 Å². The van der Waals surface area contributed by atoms with Crippen molar-refractivity contribution in [2.45, 2.75) is 24.7 Å². The summed E-state index contributed by atoms with van der Waals surface area (Å²) in [7, 11) is 0. The fraction of sp³-hybridized carbons (Fsp3) is 0.214. The minimum Gasteiger partial charge on any atom is -0.507 e. The zero-order valence-corrected chi connectivity index (χ0v) is 17.2. The van der Waals surface area contributed by atoms with Crippen molar-refractivity contribution in [1.82, 2.24) is 0 Å². The molecule has 0 saturated carbocycles. The number of phenols is 2. The van der Waals surface area contributed by atoms with Gasteiger partial charge in [0.15, 0.2) is 11.6 Å². The molecule has 2 bridgehead atoms. The molecular weight excluding hydrogens is 400 g/mol. The van der Waals surface area contributed by atoms with E-state index in [9.17, 15) is 19.8 Å². The lowest BCUT2D eigenvalue weighted by Crippen LogP contribution is -2.43. The van der Waals surface area contributed by atoms with Gasteiger partial charge in [0.25, 0.3) is 0 Å². The molecule has 0 spiro atoms. The lowest BCUT2D eigenvalue weighted by molar-refractivity contribution is 0.0710. The van der Waals surface area contributed by atoms with Gasteiger partial charge in [0, 0.05) is 23.7 Å². The van der Waals surface area contributed by atoms with Gasteiger partial charge in [0.2, 0.25) is 0 Å². The van der Waals surface area contributed by atoms with E-state index in [0.717, 1.165) is 0 Å². The number of Topliss-reactive ketones (excluding diaryl/α,β-unsaturated/α-hetero) is 2. The molecule has 2 N–H and O–H groups in total. The number of ketones is 2. The molecule has 0 fully saturated rings. The molecule has 0 radical (unpaired) electrons. The first-order valence-electron chi connectivity index (χ1n) is 11.1. The van der Waals surface area contributed by atoms with Crippen LogP contribution in [0.25, 0.3) is 0 Å². The lowest BCUT2D eigenvalue weighted by Gasteiger charge is -2.49. The zero-order chi connectivity index (χ0) is 21.7. The Balaban J connectivity index is 1.43. The molecule has 0 amide bonds. The van der Waals surface area contributed by atoms with E-state index in [1.165, 1.54) is 45.5 Å². The summed E-state index contributed by atoms with van der Waals surface area (Å²) in [6.07, 6.45) is 1.03. The second-order valence-corrected chi connectivity index (χ2v) is 9.38. The molecule has 156 valence electrons. The number of rotatable bonds is 0. The van der Waals surface area contributed by atoms with E-state index in [0.29, 0.717) is 12.8 Å². The average molecular weight is 420 g/mol. The van der Waals surface area contributed by atoms with Crippen LogP contribution in [0, 0.1) is 11.8 Å².